The largest absolute Gasteiger partial charge is 0.490 e. The number of benzene rings is 3. The molecule has 0 bridgehead atoms. The van der Waals surface area contributed by atoms with Gasteiger partial charge in [-0.1, -0.05) is 49.4 Å². The summed E-state index contributed by atoms with van der Waals surface area (Å²) in [5, 5.41) is 16.0. The lowest BCUT2D eigenvalue weighted by atomic mass is 10.0. The minimum absolute atomic E-state index is 0.234. The van der Waals surface area contributed by atoms with Gasteiger partial charge in [-0.2, -0.15) is 0 Å². The van der Waals surface area contributed by atoms with E-state index < -0.39 is 6.10 Å². The lowest BCUT2D eigenvalue weighted by Crippen LogP contribution is -2.34. The Morgan fingerprint density at radius 3 is 2.53 bits per heavy atom. The molecule has 2 unspecified atom stereocenters. The first kappa shape index (κ1) is 23.9. The summed E-state index contributed by atoms with van der Waals surface area (Å²) in [6.07, 6.45) is 2.05. The smallest absolute Gasteiger partial charge is 0.219 e. The Labute approximate surface area is 210 Å². The summed E-state index contributed by atoms with van der Waals surface area (Å²) in [6.45, 7) is 3.72. The van der Waals surface area contributed by atoms with Crippen molar-refractivity contribution >= 4 is 21.8 Å². The number of H-pyrrole nitrogens is 1. The number of nitrogens with zero attached hydrogens (tertiary/aromatic N) is 1. The molecule has 184 valence electrons. The van der Waals surface area contributed by atoms with Crippen molar-refractivity contribution in [1.82, 2.24) is 15.3 Å². The predicted molar refractivity (Wildman–Crippen MR) is 144 cm³/mol. The molecule has 0 radical (unpaired) electrons. The molecule has 6 heteroatoms. The maximum Gasteiger partial charge on any atom is 0.219 e. The molecule has 3 aromatic carbocycles. The molecular formula is C30H31N3O3. The molecule has 5 aromatic rings. The minimum Gasteiger partial charge on any atom is -0.490 e. The molecule has 2 heterocycles. The highest BCUT2D eigenvalue weighted by molar-refractivity contribution is 6.10. The van der Waals surface area contributed by atoms with Crippen LogP contribution in [-0.4, -0.2) is 40.9 Å². The van der Waals surface area contributed by atoms with E-state index in [1.807, 2.05) is 60.7 Å². The van der Waals surface area contributed by atoms with E-state index in [0.717, 1.165) is 46.3 Å². The Morgan fingerprint density at radius 1 is 0.889 bits per heavy atom. The fourth-order valence-electron chi connectivity index (χ4n) is 4.43. The van der Waals surface area contributed by atoms with Crippen molar-refractivity contribution in [2.24, 2.45) is 5.92 Å². The predicted octanol–water partition coefficient (Wildman–Crippen LogP) is 5.72. The summed E-state index contributed by atoms with van der Waals surface area (Å²) < 4.78 is 11.8. The van der Waals surface area contributed by atoms with Gasteiger partial charge in [0.25, 0.3) is 0 Å². The highest BCUT2D eigenvalue weighted by atomic mass is 16.5. The van der Waals surface area contributed by atoms with Crippen LogP contribution >= 0.6 is 0 Å². The van der Waals surface area contributed by atoms with E-state index in [-0.39, 0.29) is 6.61 Å². The normalized spacial score (nSPS) is 13.1. The van der Waals surface area contributed by atoms with Crippen LogP contribution in [0.5, 0.6) is 17.4 Å². The number of para-hydroxylation sites is 1. The van der Waals surface area contributed by atoms with Crippen LogP contribution in [-0.2, 0) is 6.42 Å². The quantitative estimate of drug-likeness (QED) is 0.225. The van der Waals surface area contributed by atoms with E-state index >= 15 is 0 Å². The van der Waals surface area contributed by atoms with Gasteiger partial charge >= 0.3 is 0 Å². The van der Waals surface area contributed by atoms with Crippen molar-refractivity contribution in [3.8, 4) is 17.4 Å². The number of nitrogens with one attached hydrogen (secondary N) is 2. The fourth-order valence-corrected chi connectivity index (χ4v) is 4.43. The Morgan fingerprint density at radius 2 is 1.69 bits per heavy atom. The van der Waals surface area contributed by atoms with Gasteiger partial charge in [-0.25, -0.2) is 4.98 Å². The van der Waals surface area contributed by atoms with E-state index in [0.29, 0.717) is 18.3 Å². The maximum absolute atomic E-state index is 10.5. The number of aromatic nitrogens is 2. The highest BCUT2D eigenvalue weighted by Gasteiger charge is 2.12. The van der Waals surface area contributed by atoms with Crippen LogP contribution in [0.2, 0.25) is 0 Å². The van der Waals surface area contributed by atoms with Gasteiger partial charge in [0.1, 0.15) is 24.2 Å². The van der Waals surface area contributed by atoms with Crippen LogP contribution in [0, 0.1) is 5.92 Å². The van der Waals surface area contributed by atoms with Gasteiger partial charge < -0.3 is 24.9 Å². The third-order valence-electron chi connectivity index (χ3n) is 6.16. The molecule has 0 aliphatic rings. The molecular weight excluding hydrogens is 450 g/mol. The Balaban J connectivity index is 1.07. The first-order valence-electron chi connectivity index (χ1n) is 12.3. The number of aromatic amines is 1. The second kappa shape index (κ2) is 11.2. The summed E-state index contributed by atoms with van der Waals surface area (Å²) in [4.78, 5) is 7.61. The number of aliphatic hydroxyl groups excluding tert-OH is 1. The molecule has 0 saturated carbocycles. The van der Waals surface area contributed by atoms with E-state index in [1.165, 1.54) is 5.56 Å². The van der Waals surface area contributed by atoms with Crippen molar-refractivity contribution < 1.29 is 14.6 Å². The number of pyridine rings is 1. The lowest BCUT2D eigenvalue weighted by Gasteiger charge is -2.17. The Kier molecular flexibility index (Phi) is 7.45. The number of ether oxygens (including phenoxy) is 2. The molecule has 36 heavy (non-hydrogen) atoms. The number of rotatable bonds is 11. The molecule has 3 N–H and O–H groups in total. The number of fused-ring (bicyclic) bond motifs is 3. The van der Waals surface area contributed by atoms with Gasteiger partial charge in [0, 0.05) is 35.1 Å². The molecule has 0 spiro atoms. The first-order valence-corrected chi connectivity index (χ1v) is 12.3. The van der Waals surface area contributed by atoms with E-state index in [2.05, 4.69) is 46.5 Å². The third kappa shape index (κ3) is 5.85. The van der Waals surface area contributed by atoms with Crippen molar-refractivity contribution in [1.29, 1.82) is 0 Å². The monoisotopic (exact) mass is 481 g/mol. The van der Waals surface area contributed by atoms with Crippen LogP contribution < -0.4 is 14.8 Å². The lowest BCUT2D eigenvalue weighted by molar-refractivity contribution is 0.106. The van der Waals surface area contributed by atoms with Crippen molar-refractivity contribution in [3.63, 3.8) is 0 Å². The van der Waals surface area contributed by atoms with Crippen molar-refractivity contribution in [3.05, 3.63) is 96.7 Å². The summed E-state index contributed by atoms with van der Waals surface area (Å²) in [6, 6.07) is 27.9. The van der Waals surface area contributed by atoms with Crippen LogP contribution in [0.3, 0.4) is 0 Å². The van der Waals surface area contributed by atoms with Gasteiger partial charge in [-0.15, -0.1) is 0 Å². The molecule has 0 aliphatic carbocycles. The average molecular weight is 482 g/mol. The molecule has 0 amide bonds. The molecule has 6 nitrogen and oxygen atoms in total. The Hall–Kier alpha value is -3.87. The summed E-state index contributed by atoms with van der Waals surface area (Å²) in [5.74, 6) is 2.56. The zero-order chi connectivity index (χ0) is 24.7. The fraction of sp³-hybridized carbons (Fsp3) is 0.233. The maximum atomic E-state index is 10.5. The first-order chi connectivity index (χ1) is 17.7. The number of hydrogen-bond donors (Lipinski definition) is 3. The third-order valence-corrected chi connectivity index (χ3v) is 6.16. The van der Waals surface area contributed by atoms with Crippen LogP contribution in [0.15, 0.2) is 91.1 Å². The topological polar surface area (TPSA) is 79.4 Å². The molecule has 2 aromatic heterocycles. The van der Waals surface area contributed by atoms with E-state index in [1.54, 1.807) is 6.20 Å². The minimum atomic E-state index is -0.597. The van der Waals surface area contributed by atoms with E-state index in [9.17, 15) is 5.11 Å². The van der Waals surface area contributed by atoms with Crippen LogP contribution in [0.4, 0.5) is 0 Å². The summed E-state index contributed by atoms with van der Waals surface area (Å²) in [5.41, 5.74) is 3.36. The van der Waals surface area contributed by atoms with Gasteiger partial charge in [-0.05, 0) is 60.8 Å². The number of hydrogen-bond acceptors (Lipinski definition) is 5. The second-order valence-electron chi connectivity index (χ2n) is 9.20. The molecule has 5 rings (SSSR count). The molecule has 0 fully saturated rings. The van der Waals surface area contributed by atoms with Gasteiger partial charge in [0.15, 0.2) is 0 Å². The SMILES string of the molecule is CC(CNCC(O)COc1cccc2[nH]c3ccccc3c12)Cc1ccc(Oc2ccccn2)cc1. The Bertz CT molecular complexity index is 1400. The van der Waals surface area contributed by atoms with Crippen LogP contribution in [0.25, 0.3) is 21.8 Å². The highest BCUT2D eigenvalue weighted by Crippen LogP contribution is 2.33. The van der Waals surface area contributed by atoms with Gasteiger partial charge in [-0.3, -0.25) is 0 Å². The summed E-state index contributed by atoms with van der Waals surface area (Å²) in [7, 11) is 0. The van der Waals surface area contributed by atoms with E-state index in [4.69, 9.17) is 9.47 Å². The molecule has 0 aliphatic heterocycles. The van der Waals surface area contributed by atoms with Crippen molar-refractivity contribution in [2.75, 3.05) is 19.7 Å². The standard InChI is InChI=1S/C30H31N3O3/c1-21(17-22-12-14-24(15-13-22)36-29-11-4-5-16-32-29)18-31-19-23(34)20-35-28-10-6-9-27-30(28)25-7-2-3-8-26(25)33-27/h2-16,21,23,31,33-34H,17-20H2,1H3. The number of aliphatic hydroxyl groups is 1. The van der Waals surface area contributed by atoms with Crippen LogP contribution in [0.1, 0.15) is 12.5 Å². The summed E-state index contributed by atoms with van der Waals surface area (Å²) >= 11 is 0. The second-order valence-corrected chi connectivity index (χ2v) is 9.20. The zero-order valence-corrected chi connectivity index (χ0v) is 20.4. The van der Waals surface area contributed by atoms with Gasteiger partial charge in [0.05, 0.1) is 5.52 Å². The molecule has 2 atom stereocenters. The zero-order valence-electron chi connectivity index (χ0n) is 20.4. The average Bonchev–Trinajstić information content (AvgIpc) is 3.28. The molecule has 0 saturated heterocycles. The van der Waals surface area contributed by atoms with Gasteiger partial charge in [0.2, 0.25) is 5.88 Å². The van der Waals surface area contributed by atoms with Crippen molar-refractivity contribution in [2.45, 2.75) is 19.4 Å².